The summed E-state index contributed by atoms with van der Waals surface area (Å²) >= 11 is 6.99. The molecule has 2 N–H and O–H groups in total. The van der Waals surface area contributed by atoms with Crippen molar-refractivity contribution in [1.29, 1.82) is 0 Å². The van der Waals surface area contributed by atoms with E-state index >= 15 is 0 Å². The van der Waals surface area contributed by atoms with E-state index in [-0.39, 0.29) is 31.9 Å². The van der Waals surface area contributed by atoms with Crippen molar-refractivity contribution in [1.82, 2.24) is 19.5 Å². The zero-order valence-corrected chi connectivity index (χ0v) is 22.3. The normalized spacial score (nSPS) is 12.8. The minimum Gasteiger partial charge on any atom is -0.361 e. The molecule has 0 spiro atoms. The van der Waals surface area contributed by atoms with Crippen LogP contribution in [0.2, 0.25) is 5.02 Å². The van der Waals surface area contributed by atoms with Crippen molar-refractivity contribution in [3.8, 4) is 5.69 Å². The summed E-state index contributed by atoms with van der Waals surface area (Å²) in [6.45, 7) is 4.92. The fraction of sp³-hybridized carbons (Fsp3) is 0.185. The van der Waals surface area contributed by atoms with E-state index in [4.69, 9.17) is 11.6 Å². The maximum absolute atomic E-state index is 14.1. The molecular weight excluding hydrogens is 526 g/mol. The molecule has 0 fully saturated rings. The fourth-order valence-electron chi connectivity index (χ4n) is 4.49. The molecule has 1 atom stereocenters. The van der Waals surface area contributed by atoms with Crippen LogP contribution >= 0.6 is 11.6 Å². The van der Waals surface area contributed by atoms with Crippen LogP contribution in [0.15, 0.2) is 81.6 Å². The third kappa shape index (κ3) is 4.15. The monoisotopic (exact) mass is 549 g/mol. The number of benzene rings is 2. The zero-order valence-electron chi connectivity index (χ0n) is 20.8. The number of hydrogen-bond acceptors (Lipinski definition) is 7. The van der Waals surface area contributed by atoms with Crippen LogP contribution in [0.25, 0.3) is 27.5 Å². The second-order valence-corrected chi connectivity index (χ2v) is 12.0. The van der Waals surface area contributed by atoms with E-state index in [0.29, 0.717) is 22.4 Å². The number of hydrogen-bond donors (Lipinski definition) is 2. The highest BCUT2D eigenvalue weighted by atomic mass is 35.5. The first-order valence-corrected chi connectivity index (χ1v) is 13.8. The molecule has 0 saturated carbocycles. The predicted octanol–water partition coefficient (Wildman–Crippen LogP) is 4.63. The van der Waals surface area contributed by atoms with Crippen LogP contribution in [-0.4, -0.2) is 33.2 Å². The van der Waals surface area contributed by atoms with Crippen LogP contribution in [0.4, 0.5) is 5.82 Å². The number of nitrogens with zero attached hydrogens (tertiary/aromatic N) is 3. The Morgan fingerprint density at radius 3 is 2.39 bits per heavy atom. The number of nitrogens with one attached hydrogen (secondary N) is 2. The second-order valence-electron chi connectivity index (χ2n) is 9.10. The Morgan fingerprint density at radius 1 is 0.947 bits per heavy atom. The number of aromatic nitrogens is 4. The SMILES string of the molecule is CC(C)S(=O)(=O)c1cccc2c(Cl)c([C@H](C)Nc3ncnc4[nH]ccc(=O)c34)n(-c3ccccc3)c(=O)c12. The molecule has 5 aromatic rings. The van der Waals surface area contributed by atoms with Gasteiger partial charge in [-0.3, -0.25) is 14.2 Å². The highest BCUT2D eigenvalue weighted by molar-refractivity contribution is 7.92. The van der Waals surface area contributed by atoms with Crippen molar-refractivity contribution in [3.05, 3.63) is 98.4 Å². The second kappa shape index (κ2) is 9.70. The minimum atomic E-state index is -3.80. The smallest absolute Gasteiger partial charge is 0.264 e. The minimum absolute atomic E-state index is 0.0231. The van der Waals surface area contributed by atoms with Gasteiger partial charge in [0.25, 0.3) is 5.56 Å². The number of H-pyrrole nitrogens is 1. The van der Waals surface area contributed by atoms with Crippen LogP contribution in [0.3, 0.4) is 0 Å². The summed E-state index contributed by atoms with van der Waals surface area (Å²) in [4.78, 5) is 38.0. The van der Waals surface area contributed by atoms with Crippen molar-refractivity contribution in [2.75, 3.05) is 5.32 Å². The van der Waals surface area contributed by atoms with Gasteiger partial charge in [-0.05, 0) is 39.0 Å². The van der Waals surface area contributed by atoms with E-state index in [2.05, 4.69) is 20.3 Å². The van der Waals surface area contributed by atoms with Gasteiger partial charge >= 0.3 is 0 Å². The van der Waals surface area contributed by atoms with Crippen molar-refractivity contribution >= 4 is 49.1 Å². The van der Waals surface area contributed by atoms with Gasteiger partial charge in [0.15, 0.2) is 15.3 Å². The van der Waals surface area contributed by atoms with E-state index in [1.807, 2.05) is 6.07 Å². The molecule has 2 aromatic carbocycles. The van der Waals surface area contributed by atoms with Gasteiger partial charge in [-0.2, -0.15) is 0 Å². The summed E-state index contributed by atoms with van der Waals surface area (Å²) in [5.74, 6) is 0.267. The van der Waals surface area contributed by atoms with E-state index in [9.17, 15) is 18.0 Å². The van der Waals surface area contributed by atoms with Crippen molar-refractivity contribution in [2.24, 2.45) is 0 Å². The molecule has 0 bridgehead atoms. The summed E-state index contributed by atoms with van der Waals surface area (Å²) in [6, 6.07) is 14.2. The molecule has 0 radical (unpaired) electrons. The Labute approximate surface area is 223 Å². The van der Waals surface area contributed by atoms with Gasteiger partial charge in [-0.1, -0.05) is 41.9 Å². The lowest BCUT2D eigenvalue weighted by Gasteiger charge is -2.24. The molecule has 11 heteroatoms. The average molecular weight is 550 g/mol. The molecule has 0 aliphatic heterocycles. The lowest BCUT2D eigenvalue weighted by atomic mass is 10.1. The van der Waals surface area contributed by atoms with E-state index < -0.39 is 26.7 Å². The van der Waals surface area contributed by atoms with Crippen molar-refractivity contribution in [2.45, 2.75) is 37.0 Å². The van der Waals surface area contributed by atoms with E-state index in [1.165, 1.54) is 29.2 Å². The third-order valence-corrected chi connectivity index (χ3v) is 8.99. The number of anilines is 1. The summed E-state index contributed by atoms with van der Waals surface area (Å²) in [5.41, 5.74) is 0.448. The number of para-hydroxylation sites is 1. The molecule has 0 aliphatic rings. The molecule has 0 unspecified atom stereocenters. The molecule has 9 nitrogen and oxygen atoms in total. The van der Waals surface area contributed by atoms with Gasteiger partial charge in [-0.25, -0.2) is 18.4 Å². The first-order valence-electron chi connectivity index (χ1n) is 11.9. The number of pyridine rings is 2. The number of fused-ring (bicyclic) bond motifs is 2. The molecule has 0 saturated heterocycles. The Kier molecular flexibility index (Phi) is 6.54. The van der Waals surface area contributed by atoms with E-state index in [0.717, 1.165) is 0 Å². The molecule has 0 amide bonds. The standard InChI is InChI=1S/C27H24ClN5O4S/c1-15(2)38(36,37)20-11-7-10-18-21(20)27(35)33(17-8-5-4-6-9-17)24(23(18)28)16(3)32-26-22-19(34)12-13-29-25(22)30-14-31-26/h4-16H,1-3H3,(H2,29,30,31,32,34)/t16-/m0/s1. The van der Waals surface area contributed by atoms with Gasteiger partial charge in [0, 0.05) is 23.3 Å². The number of halogens is 1. The largest absolute Gasteiger partial charge is 0.361 e. The molecule has 194 valence electrons. The Balaban J connectivity index is 1.82. The maximum Gasteiger partial charge on any atom is 0.264 e. The van der Waals surface area contributed by atoms with Gasteiger partial charge in [0.2, 0.25) is 0 Å². The van der Waals surface area contributed by atoms with E-state index in [1.54, 1.807) is 57.2 Å². The molecule has 38 heavy (non-hydrogen) atoms. The van der Waals surface area contributed by atoms with Gasteiger partial charge in [0.1, 0.15) is 23.2 Å². The lowest BCUT2D eigenvalue weighted by Crippen LogP contribution is -2.28. The average Bonchev–Trinajstić information content (AvgIpc) is 2.90. The Hall–Kier alpha value is -4.02. The highest BCUT2D eigenvalue weighted by Crippen LogP contribution is 2.35. The van der Waals surface area contributed by atoms with Crippen LogP contribution in [0.1, 0.15) is 32.5 Å². The molecule has 3 aromatic heterocycles. The molecule has 3 heterocycles. The topological polar surface area (TPSA) is 127 Å². The quantitative estimate of drug-likeness (QED) is 0.316. The summed E-state index contributed by atoms with van der Waals surface area (Å²) in [7, 11) is -3.80. The lowest BCUT2D eigenvalue weighted by molar-refractivity contribution is 0.588. The van der Waals surface area contributed by atoms with Crippen LogP contribution < -0.4 is 16.3 Å². The zero-order chi connectivity index (χ0) is 27.2. The predicted molar refractivity (Wildman–Crippen MR) is 149 cm³/mol. The van der Waals surface area contributed by atoms with Gasteiger partial charge < -0.3 is 10.3 Å². The summed E-state index contributed by atoms with van der Waals surface area (Å²) in [6.07, 6.45) is 2.82. The van der Waals surface area contributed by atoms with Crippen LogP contribution in [-0.2, 0) is 9.84 Å². The number of rotatable bonds is 6. The van der Waals surface area contributed by atoms with Crippen molar-refractivity contribution < 1.29 is 8.42 Å². The van der Waals surface area contributed by atoms with Gasteiger partial charge in [-0.15, -0.1) is 0 Å². The van der Waals surface area contributed by atoms with Crippen molar-refractivity contribution in [3.63, 3.8) is 0 Å². The molecular formula is C27H24ClN5O4S. The third-order valence-electron chi connectivity index (χ3n) is 6.40. The maximum atomic E-state index is 14.1. The Bertz CT molecular complexity index is 1910. The summed E-state index contributed by atoms with van der Waals surface area (Å²) < 4.78 is 27.9. The fourth-order valence-corrected chi connectivity index (χ4v) is 6.15. The molecule has 5 rings (SSSR count). The summed E-state index contributed by atoms with van der Waals surface area (Å²) in [5, 5.41) is 3.29. The van der Waals surface area contributed by atoms with Crippen LogP contribution in [0.5, 0.6) is 0 Å². The first kappa shape index (κ1) is 25.6. The number of aromatic amines is 1. The molecule has 0 aliphatic carbocycles. The Morgan fingerprint density at radius 2 is 1.68 bits per heavy atom. The highest BCUT2D eigenvalue weighted by Gasteiger charge is 2.28. The van der Waals surface area contributed by atoms with Crippen LogP contribution in [0, 0.1) is 0 Å². The number of sulfone groups is 1. The first-order chi connectivity index (χ1) is 18.1. The van der Waals surface area contributed by atoms with Gasteiger partial charge in [0.05, 0.1) is 32.3 Å².